The van der Waals surface area contributed by atoms with Gasteiger partial charge in [0, 0.05) is 21.0 Å². The van der Waals surface area contributed by atoms with Crippen molar-refractivity contribution in [2.75, 3.05) is 7.11 Å². The zero-order valence-corrected chi connectivity index (χ0v) is 15.3. The minimum Gasteiger partial charge on any atom is -0.496 e. The highest BCUT2D eigenvalue weighted by Gasteiger charge is 2.04. The summed E-state index contributed by atoms with van der Waals surface area (Å²) in [6.07, 6.45) is 4.05. The minimum absolute atomic E-state index is 0.847. The van der Waals surface area contributed by atoms with Gasteiger partial charge in [0.2, 0.25) is 0 Å². The second kappa shape index (κ2) is 7.11. The number of ether oxygens (including phenoxy) is 1. The fourth-order valence-electron chi connectivity index (χ4n) is 2.22. The standard InChI is InChI=1S/C19H16BrNOS/c1-13-3-5-14(6-4-13)17-12-23-19(21-17)10-7-15-11-16(20)8-9-18(15)22-2/h3-12H,1-2H3. The van der Waals surface area contributed by atoms with E-state index in [1.165, 1.54) is 5.56 Å². The molecule has 23 heavy (non-hydrogen) atoms. The number of halogens is 1. The van der Waals surface area contributed by atoms with Crippen molar-refractivity contribution in [3.63, 3.8) is 0 Å². The molecule has 0 fully saturated rings. The lowest BCUT2D eigenvalue weighted by atomic mass is 10.1. The van der Waals surface area contributed by atoms with E-state index in [0.717, 1.165) is 32.1 Å². The largest absolute Gasteiger partial charge is 0.496 e. The summed E-state index contributed by atoms with van der Waals surface area (Å²) in [7, 11) is 1.68. The molecule has 0 saturated carbocycles. The maximum atomic E-state index is 5.39. The van der Waals surface area contributed by atoms with Gasteiger partial charge in [0.15, 0.2) is 0 Å². The molecule has 1 aromatic heterocycles. The molecule has 3 aromatic rings. The Morgan fingerprint density at radius 1 is 1.09 bits per heavy atom. The Balaban J connectivity index is 1.84. The SMILES string of the molecule is COc1ccc(Br)cc1C=Cc1nc(-c2ccc(C)cc2)cs1. The van der Waals surface area contributed by atoms with E-state index >= 15 is 0 Å². The molecule has 0 bridgehead atoms. The Kier molecular flexibility index (Phi) is 4.94. The first kappa shape index (κ1) is 16.0. The molecule has 0 radical (unpaired) electrons. The average molecular weight is 386 g/mol. The highest BCUT2D eigenvalue weighted by Crippen LogP contribution is 2.27. The van der Waals surface area contributed by atoms with Gasteiger partial charge in [-0.3, -0.25) is 0 Å². The molecule has 0 atom stereocenters. The Labute approximate surface area is 148 Å². The fourth-order valence-corrected chi connectivity index (χ4v) is 3.32. The Morgan fingerprint density at radius 2 is 1.87 bits per heavy atom. The molecule has 0 aliphatic rings. The summed E-state index contributed by atoms with van der Waals surface area (Å²) >= 11 is 5.12. The fraction of sp³-hybridized carbons (Fsp3) is 0.105. The van der Waals surface area contributed by atoms with Gasteiger partial charge in [0.25, 0.3) is 0 Å². The van der Waals surface area contributed by atoms with E-state index in [1.54, 1.807) is 18.4 Å². The molecule has 116 valence electrons. The van der Waals surface area contributed by atoms with Crippen molar-refractivity contribution in [1.29, 1.82) is 0 Å². The molecule has 2 aromatic carbocycles. The summed E-state index contributed by atoms with van der Waals surface area (Å²) in [5, 5.41) is 3.06. The van der Waals surface area contributed by atoms with Gasteiger partial charge in [-0.1, -0.05) is 45.8 Å². The number of aromatic nitrogens is 1. The molecule has 4 heteroatoms. The van der Waals surface area contributed by atoms with Crippen LogP contribution in [0.1, 0.15) is 16.1 Å². The number of rotatable bonds is 4. The van der Waals surface area contributed by atoms with E-state index in [4.69, 9.17) is 4.74 Å². The molecule has 0 spiro atoms. The van der Waals surface area contributed by atoms with E-state index in [0.29, 0.717) is 0 Å². The zero-order chi connectivity index (χ0) is 16.2. The molecule has 0 saturated heterocycles. The van der Waals surface area contributed by atoms with Gasteiger partial charge in [-0.25, -0.2) is 4.98 Å². The van der Waals surface area contributed by atoms with Crippen molar-refractivity contribution >= 4 is 39.4 Å². The van der Waals surface area contributed by atoms with Crippen LogP contribution in [0, 0.1) is 6.92 Å². The highest BCUT2D eigenvalue weighted by atomic mass is 79.9. The summed E-state index contributed by atoms with van der Waals surface area (Å²) in [5.41, 5.74) is 4.43. The van der Waals surface area contributed by atoms with Gasteiger partial charge in [0.1, 0.15) is 10.8 Å². The topological polar surface area (TPSA) is 22.1 Å². The average Bonchev–Trinajstić information content (AvgIpc) is 3.03. The lowest BCUT2D eigenvalue weighted by Crippen LogP contribution is -1.86. The number of nitrogens with zero attached hydrogens (tertiary/aromatic N) is 1. The van der Waals surface area contributed by atoms with E-state index in [-0.39, 0.29) is 0 Å². The summed E-state index contributed by atoms with van der Waals surface area (Å²) in [6.45, 7) is 2.09. The van der Waals surface area contributed by atoms with Crippen LogP contribution in [0.5, 0.6) is 5.75 Å². The second-order valence-corrected chi connectivity index (χ2v) is 6.96. The van der Waals surface area contributed by atoms with Crippen molar-refractivity contribution < 1.29 is 4.74 Å². The molecule has 2 nitrogen and oxygen atoms in total. The van der Waals surface area contributed by atoms with Crippen LogP contribution in [-0.2, 0) is 0 Å². The predicted molar refractivity (Wildman–Crippen MR) is 102 cm³/mol. The smallest absolute Gasteiger partial charge is 0.126 e. The monoisotopic (exact) mass is 385 g/mol. The van der Waals surface area contributed by atoms with E-state index in [1.807, 2.05) is 30.4 Å². The zero-order valence-electron chi connectivity index (χ0n) is 12.9. The predicted octanol–water partition coefficient (Wildman–Crippen LogP) is 6.06. The maximum absolute atomic E-state index is 5.39. The van der Waals surface area contributed by atoms with Crippen molar-refractivity contribution in [3.8, 4) is 17.0 Å². The molecule has 1 heterocycles. The first-order chi connectivity index (χ1) is 11.2. The normalized spacial score (nSPS) is 11.1. The molecular weight excluding hydrogens is 370 g/mol. The van der Waals surface area contributed by atoms with E-state index in [2.05, 4.69) is 57.5 Å². The minimum atomic E-state index is 0.847. The summed E-state index contributed by atoms with van der Waals surface area (Å²) in [6, 6.07) is 14.4. The van der Waals surface area contributed by atoms with Crippen LogP contribution in [0.3, 0.4) is 0 Å². The molecule has 0 N–H and O–H groups in total. The summed E-state index contributed by atoms with van der Waals surface area (Å²) in [5.74, 6) is 0.847. The molecule has 0 unspecified atom stereocenters. The summed E-state index contributed by atoms with van der Waals surface area (Å²) in [4.78, 5) is 4.68. The van der Waals surface area contributed by atoms with Crippen molar-refractivity contribution in [1.82, 2.24) is 4.98 Å². The highest BCUT2D eigenvalue weighted by molar-refractivity contribution is 9.10. The van der Waals surface area contributed by atoms with Crippen LogP contribution in [0.4, 0.5) is 0 Å². The van der Waals surface area contributed by atoms with Crippen molar-refractivity contribution in [2.24, 2.45) is 0 Å². The number of thiazole rings is 1. The molecule has 0 aliphatic carbocycles. The van der Waals surface area contributed by atoms with Crippen molar-refractivity contribution in [3.05, 3.63) is 68.5 Å². The number of methoxy groups -OCH3 is 1. The number of aryl methyl sites for hydroxylation is 1. The van der Waals surface area contributed by atoms with Crippen LogP contribution >= 0.6 is 27.3 Å². The lowest BCUT2D eigenvalue weighted by Gasteiger charge is -2.04. The molecule has 0 aliphatic heterocycles. The molecule has 0 amide bonds. The van der Waals surface area contributed by atoms with Gasteiger partial charge in [0.05, 0.1) is 12.8 Å². The third-order valence-electron chi connectivity index (χ3n) is 3.47. The Hall–Kier alpha value is -1.91. The number of benzene rings is 2. The van der Waals surface area contributed by atoms with Crippen LogP contribution in [0.15, 0.2) is 52.3 Å². The Bertz CT molecular complexity index is 837. The molecular formula is C19H16BrNOS. The van der Waals surface area contributed by atoms with Gasteiger partial charge >= 0.3 is 0 Å². The third-order valence-corrected chi connectivity index (χ3v) is 4.77. The maximum Gasteiger partial charge on any atom is 0.126 e. The van der Waals surface area contributed by atoms with Gasteiger partial charge in [-0.15, -0.1) is 11.3 Å². The molecule has 3 rings (SSSR count). The second-order valence-electron chi connectivity index (χ2n) is 5.16. The third kappa shape index (κ3) is 3.89. The van der Waals surface area contributed by atoms with Crippen LogP contribution in [0.2, 0.25) is 0 Å². The van der Waals surface area contributed by atoms with Crippen molar-refractivity contribution in [2.45, 2.75) is 6.92 Å². The number of hydrogen-bond donors (Lipinski definition) is 0. The summed E-state index contributed by atoms with van der Waals surface area (Å²) < 4.78 is 6.41. The van der Waals surface area contributed by atoms with Gasteiger partial charge < -0.3 is 4.74 Å². The van der Waals surface area contributed by atoms with E-state index in [9.17, 15) is 0 Å². The van der Waals surface area contributed by atoms with Gasteiger partial charge in [-0.05, 0) is 37.3 Å². The van der Waals surface area contributed by atoms with E-state index < -0.39 is 0 Å². The quantitative estimate of drug-likeness (QED) is 0.544. The first-order valence-corrected chi connectivity index (χ1v) is 8.87. The first-order valence-electron chi connectivity index (χ1n) is 7.20. The Morgan fingerprint density at radius 3 is 2.61 bits per heavy atom. The van der Waals surface area contributed by atoms with Gasteiger partial charge in [-0.2, -0.15) is 0 Å². The number of hydrogen-bond acceptors (Lipinski definition) is 3. The van der Waals surface area contributed by atoms with Crippen LogP contribution in [-0.4, -0.2) is 12.1 Å². The van der Waals surface area contributed by atoms with Crippen LogP contribution < -0.4 is 4.74 Å². The lowest BCUT2D eigenvalue weighted by molar-refractivity contribution is 0.414. The van der Waals surface area contributed by atoms with Crippen LogP contribution in [0.25, 0.3) is 23.4 Å².